The van der Waals surface area contributed by atoms with Crippen LogP contribution in [0.15, 0.2) is 146 Å². The minimum atomic E-state index is 0.787. The molecule has 0 radical (unpaired) electrons. The van der Waals surface area contributed by atoms with Crippen LogP contribution in [0.2, 0.25) is 0 Å². The fraction of sp³-hybridized carbons (Fsp3) is 0. The van der Waals surface area contributed by atoms with E-state index in [4.69, 9.17) is 9.97 Å². The van der Waals surface area contributed by atoms with Crippen molar-refractivity contribution in [1.82, 2.24) is 19.9 Å². The highest BCUT2D eigenvalue weighted by atomic mass is 14.8. The van der Waals surface area contributed by atoms with Gasteiger partial charge in [0.1, 0.15) is 0 Å². The lowest BCUT2D eigenvalue weighted by molar-refractivity contribution is 1.30. The second kappa shape index (κ2) is 13.5. The van der Waals surface area contributed by atoms with E-state index < -0.39 is 0 Å². The van der Waals surface area contributed by atoms with Gasteiger partial charge in [0.2, 0.25) is 0 Å². The molecule has 0 atom stereocenters. The lowest BCUT2D eigenvalue weighted by Gasteiger charge is -2.04. The number of rotatable bonds is 2. The van der Waals surface area contributed by atoms with Gasteiger partial charge in [-0.2, -0.15) is 0 Å². The quantitative estimate of drug-likeness (QED) is 0.181. The van der Waals surface area contributed by atoms with E-state index in [1.807, 2.05) is 72.8 Å². The highest BCUT2D eigenvalue weighted by Crippen LogP contribution is 2.34. The van der Waals surface area contributed by atoms with Gasteiger partial charge in [0.25, 0.3) is 0 Å². The molecule has 7 aromatic rings. The summed E-state index contributed by atoms with van der Waals surface area (Å²) in [4.78, 5) is 18.0. The number of benzene rings is 4. The molecule has 4 heteroatoms. The van der Waals surface area contributed by atoms with Crippen LogP contribution in [0.4, 0.5) is 0 Å². The van der Waals surface area contributed by atoms with Gasteiger partial charge in [0.05, 0.1) is 44.9 Å². The smallest absolute Gasteiger partial charge is 0.0815 e. The Kier molecular flexibility index (Phi) is 7.95. The average Bonchev–Trinajstić information content (AvgIpc) is 4.04. The van der Waals surface area contributed by atoms with Gasteiger partial charge < -0.3 is 9.97 Å². The number of aromatic amines is 2. The number of aromatic nitrogens is 4. The summed E-state index contributed by atoms with van der Waals surface area (Å²) in [5.74, 6) is 13.7. The maximum Gasteiger partial charge on any atom is 0.0815 e. The second-order valence-corrected chi connectivity index (χ2v) is 12.5. The van der Waals surface area contributed by atoms with Crippen LogP contribution in [-0.4, -0.2) is 19.9 Å². The minimum Gasteiger partial charge on any atom is -0.354 e. The van der Waals surface area contributed by atoms with Crippen molar-refractivity contribution >= 4 is 46.4 Å². The second-order valence-electron chi connectivity index (χ2n) is 12.5. The van der Waals surface area contributed by atoms with Crippen molar-refractivity contribution in [3.63, 3.8) is 0 Å². The Balaban J connectivity index is 1.42. The van der Waals surface area contributed by atoms with Crippen LogP contribution in [-0.2, 0) is 0 Å². The third-order valence-corrected chi connectivity index (χ3v) is 9.09. The van der Waals surface area contributed by atoms with Gasteiger partial charge in [0.15, 0.2) is 0 Å². The summed E-state index contributed by atoms with van der Waals surface area (Å²) < 4.78 is 0. The fourth-order valence-corrected chi connectivity index (χ4v) is 6.60. The Morgan fingerprint density at radius 2 is 0.673 bits per heavy atom. The number of hydrogen-bond acceptors (Lipinski definition) is 2. The standard InChI is InChI=1S/C48H30N4/c1-5-13-33(14-6-1)21-23-37-39-25-29-43(49-39)47(35-17-9-3-10-18-35)45-31-27-41(51-45)38(24-22-34-15-7-2-8-16-34)42-28-32-46(52-42)48(36-19-11-4-12-20-36)44-30-26-40(37)50-44/h1-20,25-32,49,52H. The zero-order valence-electron chi connectivity index (χ0n) is 28.1. The Hall–Kier alpha value is -7.40. The first kappa shape index (κ1) is 30.6. The van der Waals surface area contributed by atoms with Crippen LogP contribution < -0.4 is 0 Å². The monoisotopic (exact) mass is 662 g/mol. The Morgan fingerprint density at radius 3 is 1.08 bits per heavy atom. The summed E-state index contributed by atoms with van der Waals surface area (Å²) in [5.41, 5.74) is 14.4. The summed E-state index contributed by atoms with van der Waals surface area (Å²) in [5, 5.41) is 0. The summed E-state index contributed by atoms with van der Waals surface area (Å²) in [7, 11) is 0. The molecule has 3 aromatic heterocycles. The van der Waals surface area contributed by atoms with Crippen LogP contribution in [0, 0.1) is 23.7 Å². The van der Waals surface area contributed by atoms with Gasteiger partial charge in [-0.15, -0.1) is 0 Å². The molecular weight excluding hydrogens is 633 g/mol. The van der Waals surface area contributed by atoms with E-state index in [0.29, 0.717) is 0 Å². The zero-order chi connectivity index (χ0) is 34.7. The molecule has 0 saturated carbocycles. The molecule has 0 aliphatic carbocycles. The van der Waals surface area contributed by atoms with Crippen molar-refractivity contribution in [3.05, 3.63) is 191 Å². The molecule has 9 rings (SSSR count). The van der Waals surface area contributed by atoms with Crippen LogP contribution in [0.25, 0.3) is 68.6 Å². The molecule has 8 bridgehead atoms. The molecule has 242 valence electrons. The fourth-order valence-electron chi connectivity index (χ4n) is 6.60. The summed E-state index contributed by atoms with van der Waals surface area (Å²) in [6, 6.07) is 49.2. The molecule has 0 amide bonds. The first-order chi connectivity index (χ1) is 25.8. The summed E-state index contributed by atoms with van der Waals surface area (Å²) >= 11 is 0. The van der Waals surface area contributed by atoms with Crippen molar-refractivity contribution < 1.29 is 0 Å². The Labute approximate surface area is 301 Å². The van der Waals surface area contributed by atoms with E-state index >= 15 is 0 Å². The van der Waals surface area contributed by atoms with Gasteiger partial charge in [0, 0.05) is 33.3 Å². The van der Waals surface area contributed by atoms with E-state index in [1.165, 1.54) is 0 Å². The molecule has 0 spiro atoms. The van der Waals surface area contributed by atoms with Gasteiger partial charge >= 0.3 is 0 Å². The predicted molar refractivity (Wildman–Crippen MR) is 215 cm³/mol. The molecule has 0 unspecified atom stereocenters. The van der Waals surface area contributed by atoms with Gasteiger partial charge in [-0.25, -0.2) is 9.97 Å². The number of hydrogen-bond donors (Lipinski definition) is 2. The van der Waals surface area contributed by atoms with E-state index in [-0.39, 0.29) is 0 Å². The van der Waals surface area contributed by atoms with E-state index in [1.54, 1.807) is 0 Å². The average molecular weight is 663 g/mol. The maximum absolute atomic E-state index is 5.27. The molecule has 2 aliphatic rings. The zero-order valence-corrected chi connectivity index (χ0v) is 28.1. The normalized spacial score (nSPS) is 11.4. The molecule has 4 nitrogen and oxygen atoms in total. The highest BCUT2D eigenvalue weighted by Gasteiger charge is 2.16. The SMILES string of the molecule is C(#Cc1c2nc(c(-c3ccccc3)c3ccc([nH]3)c(C#Cc3ccccc3)c3nc(c(-c4ccccc4)c4ccc1[nH]4)C=C3)C=C2)c1ccccc1. The lowest BCUT2D eigenvalue weighted by Crippen LogP contribution is -1.89. The van der Waals surface area contributed by atoms with Crippen molar-refractivity contribution in [2.75, 3.05) is 0 Å². The van der Waals surface area contributed by atoms with E-state index in [0.717, 1.165) is 89.4 Å². The molecule has 0 saturated heterocycles. The van der Waals surface area contributed by atoms with Crippen LogP contribution >= 0.6 is 0 Å². The first-order valence-electron chi connectivity index (χ1n) is 17.2. The molecule has 52 heavy (non-hydrogen) atoms. The van der Waals surface area contributed by atoms with Crippen molar-refractivity contribution in [3.8, 4) is 45.9 Å². The molecule has 4 aromatic carbocycles. The number of nitrogens with one attached hydrogen (secondary N) is 2. The Morgan fingerprint density at radius 1 is 0.327 bits per heavy atom. The highest BCUT2D eigenvalue weighted by molar-refractivity contribution is 5.95. The van der Waals surface area contributed by atoms with E-state index in [9.17, 15) is 0 Å². The third kappa shape index (κ3) is 6.03. The van der Waals surface area contributed by atoms with Crippen LogP contribution in [0.1, 0.15) is 45.0 Å². The molecule has 2 aliphatic heterocycles. The molecular formula is C48H30N4. The first-order valence-corrected chi connectivity index (χ1v) is 17.2. The number of H-pyrrole nitrogens is 2. The maximum atomic E-state index is 5.27. The number of fused-ring (bicyclic) bond motifs is 8. The van der Waals surface area contributed by atoms with Crippen LogP contribution in [0.3, 0.4) is 0 Å². The molecule has 5 heterocycles. The minimum absolute atomic E-state index is 0.787. The summed E-state index contributed by atoms with van der Waals surface area (Å²) in [6.07, 6.45) is 8.28. The topological polar surface area (TPSA) is 57.4 Å². The van der Waals surface area contributed by atoms with Crippen molar-refractivity contribution in [2.24, 2.45) is 0 Å². The Bertz CT molecular complexity index is 2620. The van der Waals surface area contributed by atoms with E-state index in [2.05, 4.69) is 131 Å². The van der Waals surface area contributed by atoms with Crippen LogP contribution in [0.5, 0.6) is 0 Å². The van der Waals surface area contributed by atoms with Crippen molar-refractivity contribution in [1.29, 1.82) is 0 Å². The summed E-state index contributed by atoms with van der Waals surface area (Å²) in [6.45, 7) is 0. The van der Waals surface area contributed by atoms with Gasteiger partial charge in [-0.3, -0.25) is 0 Å². The van der Waals surface area contributed by atoms with Gasteiger partial charge in [-0.1, -0.05) is 121 Å². The molecule has 2 N–H and O–H groups in total. The van der Waals surface area contributed by atoms with Crippen molar-refractivity contribution in [2.45, 2.75) is 0 Å². The number of nitrogens with zero attached hydrogens (tertiary/aromatic N) is 2. The van der Waals surface area contributed by atoms with Gasteiger partial charge in [-0.05, 0) is 84.0 Å². The largest absolute Gasteiger partial charge is 0.354 e. The molecule has 0 fully saturated rings. The third-order valence-electron chi connectivity index (χ3n) is 9.09. The predicted octanol–water partition coefficient (Wildman–Crippen LogP) is 10.8. The lowest BCUT2D eigenvalue weighted by atomic mass is 10.0.